The van der Waals surface area contributed by atoms with Crippen LogP contribution in [0, 0.1) is 5.41 Å². The third-order valence-corrected chi connectivity index (χ3v) is 2.46. The average molecular weight is 173 g/mol. The lowest BCUT2D eigenvalue weighted by Gasteiger charge is -2.25. The fraction of sp³-hybridized carbons (Fsp3) is 0.571. The lowest BCUT2D eigenvalue weighted by molar-refractivity contribution is 0.0111. The minimum absolute atomic E-state index is 0.0368. The zero-order valence-corrected chi connectivity index (χ0v) is 6.67. The van der Waals surface area contributed by atoms with Crippen LogP contribution in [0.15, 0.2) is 12.2 Å². The largest absolute Gasteiger partial charge is 0.367 e. The summed E-state index contributed by atoms with van der Waals surface area (Å²) in [4.78, 5) is 1.62. The third kappa shape index (κ3) is 0.880. The monoisotopic (exact) mass is 172 g/mol. The van der Waals surface area contributed by atoms with Crippen molar-refractivity contribution in [3.63, 3.8) is 0 Å². The molecule has 0 bridgehead atoms. The Kier molecular flexibility index (Phi) is 1.29. The summed E-state index contributed by atoms with van der Waals surface area (Å²) in [6.07, 6.45) is 3.77. The normalized spacial score (nSPS) is 41.8. The van der Waals surface area contributed by atoms with Crippen molar-refractivity contribution in [2.45, 2.75) is 17.5 Å². The number of nitrogens with zero attached hydrogens (tertiary/aromatic N) is 1. The molecule has 0 amide bonds. The van der Waals surface area contributed by atoms with Gasteiger partial charge in [0.25, 0.3) is 0 Å². The maximum absolute atomic E-state index is 9.79. The van der Waals surface area contributed by atoms with Crippen molar-refractivity contribution in [2.75, 3.05) is 6.54 Å². The zero-order chi connectivity index (χ0) is 8.06. The van der Waals surface area contributed by atoms with Gasteiger partial charge >= 0.3 is 0 Å². The summed E-state index contributed by atoms with van der Waals surface area (Å²) in [6, 6.07) is 0. The van der Waals surface area contributed by atoms with Crippen molar-refractivity contribution >= 4 is 17.4 Å². The van der Waals surface area contributed by atoms with Crippen molar-refractivity contribution in [2.24, 2.45) is 0 Å². The fourth-order valence-corrected chi connectivity index (χ4v) is 1.99. The second-order valence-corrected chi connectivity index (χ2v) is 3.63. The first kappa shape index (κ1) is 7.13. The van der Waals surface area contributed by atoms with Crippen LogP contribution in [0.5, 0.6) is 0 Å². The summed E-state index contributed by atoms with van der Waals surface area (Å²) in [5.41, 5.74) is -0.955. The molecular formula is C7H9ClN2O. The topological polar surface area (TPSA) is 47.3 Å². The molecule has 2 aliphatic heterocycles. The highest BCUT2D eigenvalue weighted by molar-refractivity contribution is 6.21. The summed E-state index contributed by atoms with van der Waals surface area (Å²) in [5.74, 6) is 0.357. The minimum atomic E-state index is -0.955. The molecule has 2 aliphatic rings. The molecule has 2 heterocycles. The molecule has 0 spiro atoms. The third-order valence-electron chi connectivity index (χ3n) is 2.17. The quantitative estimate of drug-likeness (QED) is 0.524. The molecule has 0 aromatic carbocycles. The van der Waals surface area contributed by atoms with Crippen molar-refractivity contribution in [3.8, 4) is 0 Å². The van der Waals surface area contributed by atoms with Gasteiger partial charge in [-0.2, -0.15) is 0 Å². The number of aliphatic hydroxyl groups is 1. The molecule has 4 heteroatoms. The van der Waals surface area contributed by atoms with E-state index in [0.29, 0.717) is 18.8 Å². The Balaban J connectivity index is 2.31. The zero-order valence-electron chi connectivity index (χ0n) is 5.92. The van der Waals surface area contributed by atoms with Gasteiger partial charge < -0.3 is 10.0 Å². The van der Waals surface area contributed by atoms with Gasteiger partial charge in [0.2, 0.25) is 0 Å². The van der Waals surface area contributed by atoms with Gasteiger partial charge in [-0.1, -0.05) is 0 Å². The maximum atomic E-state index is 9.79. The lowest BCUT2D eigenvalue weighted by atomic mass is 10.2. The smallest absolute Gasteiger partial charge is 0.160 e. The fourth-order valence-electron chi connectivity index (χ4n) is 1.62. The van der Waals surface area contributed by atoms with Gasteiger partial charge in [-0.3, -0.25) is 5.41 Å². The molecule has 0 aromatic heterocycles. The van der Waals surface area contributed by atoms with E-state index in [1.165, 1.54) is 0 Å². The highest BCUT2D eigenvalue weighted by atomic mass is 35.5. The minimum Gasteiger partial charge on any atom is -0.367 e. The second-order valence-electron chi connectivity index (χ2n) is 3.01. The molecule has 0 saturated carbocycles. The standard InChI is InChI=1S/C7H9ClN2O/c8-5-3-7(11)2-1-6(9)10(7)4-5/h1-2,5,9,11H,3-4H2/t5-,7-/m1/s1. The van der Waals surface area contributed by atoms with Crippen LogP contribution in [0.1, 0.15) is 6.42 Å². The molecule has 3 nitrogen and oxygen atoms in total. The average Bonchev–Trinajstić information content (AvgIpc) is 2.32. The van der Waals surface area contributed by atoms with E-state index in [2.05, 4.69) is 0 Å². The van der Waals surface area contributed by atoms with Gasteiger partial charge in [-0.05, 0) is 12.2 Å². The molecule has 11 heavy (non-hydrogen) atoms. The van der Waals surface area contributed by atoms with Crippen LogP contribution >= 0.6 is 11.6 Å². The Morgan fingerprint density at radius 3 is 3.18 bits per heavy atom. The summed E-state index contributed by atoms with van der Waals surface area (Å²) in [7, 11) is 0. The van der Waals surface area contributed by atoms with E-state index in [-0.39, 0.29) is 5.38 Å². The van der Waals surface area contributed by atoms with E-state index in [4.69, 9.17) is 17.0 Å². The number of halogens is 1. The summed E-state index contributed by atoms with van der Waals surface area (Å²) in [6.45, 7) is 0.573. The molecule has 0 aromatic rings. The van der Waals surface area contributed by atoms with Crippen LogP contribution < -0.4 is 0 Å². The first-order chi connectivity index (χ1) is 5.12. The first-order valence-corrected chi connectivity index (χ1v) is 3.97. The molecule has 60 valence electrons. The molecule has 0 radical (unpaired) electrons. The van der Waals surface area contributed by atoms with E-state index in [9.17, 15) is 5.11 Å². The molecule has 1 saturated heterocycles. The van der Waals surface area contributed by atoms with Crippen LogP contribution in [0.2, 0.25) is 0 Å². The van der Waals surface area contributed by atoms with Gasteiger partial charge in [0.05, 0.1) is 5.38 Å². The SMILES string of the molecule is N=C1C=C[C@@]2(O)C[C@@H](Cl)CN12. The van der Waals surface area contributed by atoms with Gasteiger partial charge in [-0.25, -0.2) is 0 Å². The Morgan fingerprint density at radius 2 is 2.55 bits per heavy atom. The number of alkyl halides is 1. The predicted octanol–water partition coefficient (Wildman–Crippen LogP) is 0.535. The number of amidine groups is 1. The maximum Gasteiger partial charge on any atom is 0.160 e. The molecule has 0 unspecified atom stereocenters. The lowest BCUT2D eigenvalue weighted by Crippen LogP contribution is -2.40. The van der Waals surface area contributed by atoms with Gasteiger partial charge in [0.1, 0.15) is 5.84 Å². The van der Waals surface area contributed by atoms with E-state index < -0.39 is 5.72 Å². The van der Waals surface area contributed by atoms with E-state index in [0.717, 1.165) is 0 Å². The second kappa shape index (κ2) is 1.99. The molecule has 2 N–H and O–H groups in total. The van der Waals surface area contributed by atoms with E-state index >= 15 is 0 Å². The highest BCUT2D eigenvalue weighted by Gasteiger charge is 2.45. The Labute approximate surface area is 69.8 Å². The van der Waals surface area contributed by atoms with Crippen molar-refractivity contribution in [1.29, 1.82) is 5.41 Å². The van der Waals surface area contributed by atoms with E-state index in [1.54, 1.807) is 17.1 Å². The van der Waals surface area contributed by atoms with Crippen LogP contribution in [0.4, 0.5) is 0 Å². The molecule has 1 fully saturated rings. The number of fused-ring (bicyclic) bond motifs is 1. The number of rotatable bonds is 0. The number of hydrogen-bond donors (Lipinski definition) is 2. The Hall–Kier alpha value is -0.540. The highest BCUT2D eigenvalue weighted by Crippen LogP contribution is 2.34. The first-order valence-electron chi connectivity index (χ1n) is 3.54. The van der Waals surface area contributed by atoms with Crippen LogP contribution in [-0.2, 0) is 0 Å². The van der Waals surface area contributed by atoms with Crippen molar-refractivity contribution < 1.29 is 5.11 Å². The van der Waals surface area contributed by atoms with Gasteiger partial charge in [-0.15, -0.1) is 11.6 Å². The van der Waals surface area contributed by atoms with Crippen LogP contribution in [0.25, 0.3) is 0 Å². The number of nitrogens with one attached hydrogen (secondary N) is 1. The predicted molar refractivity (Wildman–Crippen MR) is 42.8 cm³/mol. The molecule has 0 aliphatic carbocycles. The Morgan fingerprint density at radius 1 is 1.82 bits per heavy atom. The van der Waals surface area contributed by atoms with Crippen molar-refractivity contribution in [3.05, 3.63) is 12.2 Å². The molecule has 2 atom stereocenters. The van der Waals surface area contributed by atoms with E-state index in [1.807, 2.05) is 0 Å². The molecular weight excluding hydrogens is 164 g/mol. The van der Waals surface area contributed by atoms with Crippen molar-refractivity contribution in [1.82, 2.24) is 4.90 Å². The van der Waals surface area contributed by atoms with Crippen LogP contribution in [0.3, 0.4) is 0 Å². The summed E-state index contributed by atoms with van der Waals surface area (Å²) >= 11 is 5.84. The summed E-state index contributed by atoms with van der Waals surface area (Å²) < 4.78 is 0. The number of hydrogen-bond acceptors (Lipinski definition) is 2. The summed E-state index contributed by atoms with van der Waals surface area (Å²) in [5, 5.41) is 17.2. The van der Waals surface area contributed by atoms with Crippen LogP contribution in [-0.4, -0.2) is 33.5 Å². The molecule has 2 rings (SSSR count). The van der Waals surface area contributed by atoms with Gasteiger partial charge in [0.15, 0.2) is 5.72 Å². The Bertz CT molecular complexity index is 241. The van der Waals surface area contributed by atoms with Gasteiger partial charge in [0, 0.05) is 13.0 Å².